The lowest BCUT2D eigenvalue weighted by atomic mass is 9.97. The maximum atomic E-state index is 9.00. The van der Waals surface area contributed by atoms with Crippen LogP contribution in [0.1, 0.15) is 13.8 Å². The molecular formula is C9H17NO. The lowest BCUT2D eigenvalue weighted by Crippen LogP contribution is -2.48. The van der Waals surface area contributed by atoms with Gasteiger partial charge in [0.1, 0.15) is 0 Å². The molecular weight excluding hydrogens is 138 g/mol. The molecule has 0 saturated carbocycles. The molecule has 0 aromatic carbocycles. The highest BCUT2D eigenvalue weighted by Gasteiger charge is 2.28. The van der Waals surface area contributed by atoms with Gasteiger partial charge in [-0.3, -0.25) is 0 Å². The molecule has 11 heavy (non-hydrogen) atoms. The van der Waals surface area contributed by atoms with Gasteiger partial charge in [0.25, 0.3) is 0 Å². The van der Waals surface area contributed by atoms with Crippen molar-refractivity contribution >= 4 is 0 Å². The van der Waals surface area contributed by atoms with Crippen LogP contribution >= 0.6 is 0 Å². The first kappa shape index (κ1) is 8.60. The Labute approximate surface area is 68.5 Å². The molecule has 2 heteroatoms. The summed E-state index contributed by atoms with van der Waals surface area (Å²) < 4.78 is 0. The van der Waals surface area contributed by atoms with E-state index in [0.717, 1.165) is 25.6 Å². The fraction of sp³-hybridized carbons (Fsp3) is 0.778. The van der Waals surface area contributed by atoms with Crippen molar-refractivity contribution in [1.82, 2.24) is 4.90 Å². The third-order valence-electron chi connectivity index (χ3n) is 2.05. The number of aliphatic hydroxyl groups excluding tert-OH is 1. The molecule has 0 aromatic rings. The number of likely N-dealkylation sites (tertiary alicyclic amines) is 1. The second-order valence-electron chi connectivity index (χ2n) is 3.80. The minimum Gasteiger partial charge on any atom is -0.513 e. The van der Waals surface area contributed by atoms with Crippen molar-refractivity contribution in [2.24, 2.45) is 11.8 Å². The van der Waals surface area contributed by atoms with Crippen LogP contribution in [0.2, 0.25) is 0 Å². The Morgan fingerprint density at radius 1 is 1.64 bits per heavy atom. The summed E-state index contributed by atoms with van der Waals surface area (Å²) in [5.74, 6) is 1.42. The van der Waals surface area contributed by atoms with Gasteiger partial charge in [-0.25, -0.2) is 0 Å². The maximum absolute atomic E-state index is 9.00. The number of rotatable bonds is 3. The SMILES string of the molecule is C=C(O)C1CN(CC(C)C)C1. The second kappa shape index (κ2) is 3.26. The van der Waals surface area contributed by atoms with Gasteiger partial charge in [0.15, 0.2) is 0 Å². The minimum atomic E-state index is 0.341. The van der Waals surface area contributed by atoms with Crippen LogP contribution in [0.15, 0.2) is 12.3 Å². The number of hydrogen-bond donors (Lipinski definition) is 1. The van der Waals surface area contributed by atoms with Gasteiger partial charge < -0.3 is 10.0 Å². The molecule has 1 aliphatic heterocycles. The third-order valence-corrected chi connectivity index (χ3v) is 2.05. The molecule has 1 saturated heterocycles. The van der Waals surface area contributed by atoms with Crippen LogP contribution in [0, 0.1) is 11.8 Å². The van der Waals surface area contributed by atoms with Crippen molar-refractivity contribution in [3.05, 3.63) is 12.3 Å². The Morgan fingerprint density at radius 3 is 2.55 bits per heavy atom. The molecule has 1 fully saturated rings. The summed E-state index contributed by atoms with van der Waals surface area (Å²) in [6.07, 6.45) is 0. The van der Waals surface area contributed by atoms with Crippen molar-refractivity contribution in [2.45, 2.75) is 13.8 Å². The summed E-state index contributed by atoms with van der Waals surface area (Å²) in [7, 11) is 0. The molecule has 0 radical (unpaired) electrons. The normalized spacial score (nSPS) is 20.3. The lowest BCUT2D eigenvalue weighted by Gasteiger charge is -2.39. The molecule has 2 nitrogen and oxygen atoms in total. The Bertz CT molecular complexity index is 148. The highest BCUT2D eigenvalue weighted by atomic mass is 16.3. The molecule has 0 spiro atoms. The second-order valence-corrected chi connectivity index (χ2v) is 3.80. The molecule has 0 aromatic heterocycles. The number of nitrogens with zero attached hydrogens (tertiary/aromatic N) is 1. The van der Waals surface area contributed by atoms with Crippen LogP contribution in [-0.4, -0.2) is 29.6 Å². The van der Waals surface area contributed by atoms with Crippen LogP contribution in [0.25, 0.3) is 0 Å². The zero-order valence-electron chi connectivity index (χ0n) is 7.38. The standard InChI is InChI=1S/C9H17NO/c1-7(2)4-10-5-9(6-10)8(3)11/h7,9,11H,3-6H2,1-2H3. The summed E-state index contributed by atoms with van der Waals surface area (Å²) in [6.45, 7) is 11.1. The first-order valence-electron chi connectivity index (χ1n) is 4.19. The summed E-state index contributed by atoms with van der Waals surface area (Å²) in [5, 5.41) is 9.00. The smallest absolute Gasteiger partial charge is 0.0907 e. The van der Waals surface area contributed by atoms with Crippen molar-refractivity contribution in [2.75, 3.05) is 19.6 Å². The zero-order valence-corrected chi connectivity index (χ0v) is 7.38. The van der Waals surface area contributed by atoms with Gasteiger partial charge in [0.05, 0.1) is 5.76 Å². The van der Waals surface area contributed by atoms with Crippen LogP contribution < -0.4 is 0 Å². The van der Waals surface area contributed by atoms with E-state index in [1.165, 1.54) is 0 Å². The highest BCUT2D eigenvalue weighted by molar-refractivity contribution is 4.98. The predicted molar refractivity (Wildman–Crippen MR) is 46.5 cm³/mol. The van der Waals surface area contributed by atoms with Crippen LogP contribution in [0.3, 0.4) is 0 Å². The fourth-order valence-electron chi connectivity index (χ4n) is 1.45. The lowest BCUT2D eigenvalue weighted by molar-refractivity contribution is 0.0818. The molecule has 0 atom stereocenters. The first-order chi connectivity index (χ1) is 5.09. The van der Waals surface area contributed by atoms with E-state index in [1.54, 1.807) is 0 Å². The average molecular weight is 155 g/mol. The van der Waals surface area contributed by atoms with Gasteiger partial charge in [0.2, 0.25) is 0 Å². The van der Waals surface area contributed by atoms with E-state index in [4.69, 9.17) is 5.11 Å². The van der Waals surface area contributed by atoms with E-state index in [2.05, 4.69) is 25.3 Å². The van der Waals surface area contributed by atoms with Crippen molar-refractivity contribution in [1.29, 1.82) is 0 Å². The van der Waals surface area contributed by atoms with E-state index in [9.17, 15) is 0 Å². The van der Waals surface area contributed by atoms with E-state index in [1.807, 2.05) is 0 Å². The van der Waals surface area contributed by atoms with Crippen LogP contribution in [0.5, 0.6) is 0 Å². The van der Waals surface area contributed by atoms with E-state index in [-0.39, 0.29) is 0 Å². The highest BCUT2D eigenvalue weighted by Crippen LogP contribution is 2.21. The topological polar surface area (TPSA) is 23.5 Å². The Morgan fingerprint density at radius 2 is 2.18 bits per heavy atom. The van der Waals surface area contributed by atoms with E-state index < -0.39 is 0 Å². The molecule has 0 aliphatic carbocycles. The Hall–Kier alpha value is -0.500. The Balaban J connectivity index is 2.14. The Kier molecular flexibility index (Phi) is 2.55. The molecule has 0 amide bonds. The monoisotopic (exact) mass is 155 g/mol. The molecule has 0 unspecified atom stereocenters. The molecule has 1 N–H and O–H groups in total. The van der Waals surface area contributed by atoms with Gasteiger partial charge in [0, 0.05) is 25.6 Å². The summed E-state index contributed by atoms with van der Waals surface area (Å²) >= 11 is 0. The van der Waals surface area contributed by atoms with E-state index in [0.29, 0.717) is 11.7 Å². The molecule has 1 rings (SSSR count). The van der Waals surface area contributed by atoms with Gasteiger partial charge in [-0.2, -0.15) is 0 Å². The minimum absolute atomic E-state index is 0.341. The predicted octanol–water partition coefficient (Wildman–Crippen LogP) is 1.65. The summed E-state index contributed by atoms with van der Waals surface area (Å²) in [4.78, 5) is 2.34. The largest absolute Gasteiger partial charge is 0.513 e. The fourth-order valence-corrected chi connectivity index (χ4v) is 1.45. The molecule has 64 valence electrons. The van der Waals surface area contributed by atoms with Gasteiger partial charge in [-0.15, -0.1) is 0 Å². The number of hydrogen-bond acceptors (Lipinski definition) is 2. The van der Waals surface area contributed by atoms with E-state index >= 15 is 0 Å². The van der Waals surface area contributed by atoms with Gasteiger partial charge in [-0.05, 0) is 5.92 Å². The zero-order chi connectivity index (χ0) is 8.43. The third kappa shape index (κ3) is 2.22. The number of aliphatic hydroxyl groups is 1. The average Bonchev–Trinajstić information content (AvgIpc) is 1.75. The summed E-state index contributed by atoms with van der Waals surface area (Å²) in [6, 6.07) is 0. The molecule has 0 bridgehead atoms. The van der Waals surface area contributed by atoms with Gasteiger partial charge in [-0.1, -0.05) is 20.4 Å². The van der Waals surface area contributed by atoms with Crippen LogP contribution in [0.4, 0.5) is 0 Å². The maximum Gasteiger partial charge on any atom is 0.0907 e. The van der Waals surface area contributed by atoms with Crippen LogP contribution in [-0.2, 0) is 0 Å². The first-order valence-corrected chi connectivity index (χ1v) is 4.19. The van der Waals surface area contributed by atoms with Crippen molar-refractivity contribution < 1.29 is 5.11 Å². The molecule has 1 aliphatic rings. The van der Waals surface area contributed by atoms with Gasteiger partial charge >= 0.3 is 0 Å². The van der Waals surface area contributed by atoms with Crippen molar-refractivity contribution in [3.63, 3.8) is 0 Å². The van der Waals surface area contributed by atoms with Crippen molar-refractivity contribution in [3.8, 4) is 0 Å². The molecule has 1 heterocycles. The summed E-state index contributed by atoms with van der Waals surface area (Å²) in [5.41, 5.74) is 0. The quantitative estimate of drug-likeness (QED) is 0.626.